The Balaban J connectivity index is 2.22. The van der Waals surface area contributed by atoms with Gasteiger partial charge in [0.2, 0.25) is 0 Å². The molecule has 0 bridgehead atoms. The van der Waals surface area contributed by atoms with Gasteiger partial charge in [0.25, 0.3) is 5.91 Å². The number of carbonyl (C=O) groups excluding carboxylic acids is 1. The maximum atomic E-state index is 11.9. The Morgan fingerprint density at radius 2 is 2.00 bits per heavy atom. The summed E-state index contributed by atoms with van der Waals surface area (Å²) in [4.78, 5) is 11.9. The molecule has 0 radical (unpaired) electrons. The van der Waals surface area contributed by atoms with E-state index < -0.39 is 0 Å². The molecule has 1 heterocycles. The Bertz CT molecular complexity index is 503. The summed E-state index contributed by atoms with van der Waals surface area (Å²) in [5, 5.41) is 6.72. The van der Waals surface area contributed by atoms with E-state index in [1.54, 1.807) is 0 Å². The summed E-state index contributed by atoms with van der Waals surface area (Å²) in [7, 11) is 0. The number of carbonyl (C=O) groups is 1. The lowest BCUT2D eigenvalue weighted by Gasteiger charge is -2.13. The third kappa shape index (κ3) is 2.74. The average molecular weight is 245 g/mol. The minimum absolute atomic E-state index is 0.0423. The van der Waals surface area contributed by atoms with Crippen molar-refractivity contribution < 1.29 is 4.79 Å². The van der Waals surface area contributed by atoms with Crippen molar-refractivity contribution in [1.29, 1.82) is 0 Å². The summed E-state index contributed by atoms with van der Waals surface area (Å²) < 4.78 is 0. The first kappa shape index (κ1) is 11.9. The summed E-state index contributed by atoms with van der Waals surface area (Å²) in [6, 6.07) is 9.76. The zero-order valence-corrected chi connectivity index (χ0v) is 10.8. The molecule has 1 amide bonds. The fraction of sp³-hybridized carbons (Fsp3) is 0.214. The second-order valence-corrected chi connectivity index (χ2v) is 4.99. The van der Waals surface area contributed by atoms with E-state index in [2.05, 4.69) is 19.2 Å². The summed E-state index contributed by atoms with van der Waals surface area (Å²) in [5.74, 6) is 0.355. The molecular weight excluding hydrogens is 230 g/mol. The Kier molecular flexibility index (Phi) is 3.59. The van der Waals surface area contributed by atoms with Gasteiger partial charge in [-0.3, -0.25) is 4.79 Å². The number of nitrogens with one attached hydrogen (secondary N) is 1. The zero-order valence-electron chi connectivity index (χ0n) is 9.94. The molecule has 0 aliphatic heterocycles. The van der Waals surface area contributed by atoms with Crippen molar-refractivity contribution in [2.45, 2.75) is 19.8 Å². The van der Waals surface area contributed by atoms with Crippen LogP contribution in [0.2, 0.25) is 0 Å². The second kappa shape index (κ2) is 5.15. The maximum absolute atomic E-state index is 11.9. The maximum Gasteiger partial charge on any atom is 0.256 e. The van der Waals surface area contributed by atoms with Gasteiger partial charge in [-0.1, -0.05) is 32.0 Å². The number of thiophene rings is 1. The van der Waals surface area contributed by atoms with Crippen LogP contribution in [0.25, 0.3) is 0 Å². The predicted octanol–water partition coefficient (Wildman–Crippen LogP) is 4.12. The van der Waals surface area contributed by atoms with Crippen LogP contribution in [0.3, 0.4) is 0 Å². The molecule has 0 saturated carbocycles. The van der Waals surface area contributed by atoms with Crippen LogP contribution >= 0.6 is 11.3 Å². The Morgan fingerprint density at radius 3 is 2.65 bits per heavy atom. The van der Waals surface area contributed by atoms with Crippen LogP contribution in [0.15, 0.2) is 41.1 Å². The van der Waals surface area contributed by atoms with Crippen molar-refractivity contribution in [2.75, 3.05) is 5.32 Å². The minimum Gasteiger partial charge on any atom is -0.322 e. The highest BCUT2D eigenvalue weighted by molar-refractivity contribution is 7.08. The largest absolute Gasteiger partial charge is 0.322 e. The molecule has 2 aromatic rings. The molecule has 17 heavy (non-hydrogen) atoms. The number of hydrogen-bond donors (Lipinski definition) is 1. The van der Waals surface area contributed by atoms with Gasteiger partial charge < -0.3 is 5.32 Å². The molecule has 0 unspecified atom stereocenters. The SMILES string of the molecule is CC(C)c1ccccc1NC(=O)c1ccsc1. The van der Waals surface area contributed by atoms with Crippen LogP contribution in [0.5, 0.6) is 0 Å². The van der Waals surface area contributed by atoms with E-state index in [0.29, 0.717) is 11.5 Å². The standard InChI is InChI=1S/C14H15NOS/c1-10(2)12-5-3-4-6-13(12)15-14(16)11-7-8-17-9-11/h3-10H,1-2H3,(H,15,16). The molecule has 1 N–H and O–H groups in total. The Morgan fingerprint density at radius 1 is 1.24 bits per heavy atom. The molecule has 2 rings (SSSR count). The van der Waals surface area contributed by atoms with Gasteiger partial charge in [0.05, 0.1) is 5.56 Å². The van der Waals surface area contributed by atoms with E-state index in [0.717, 1.165) is 11.3 Å². The van der Waals surface area contributed by atoms with Gasteiger partial charge in [0.15, 0.2) is 0 Å². The van der Waals surface area contributed by atoms with E-state index in [4.69, 9.17) is 0 Å². The third-order valence-corrected chi connectivity index (χ3v) is 3.30. The summed E-state index contributed by atoms with van der Waals surface area (Å²) >= 11 is 1.53. The molecule has 0 saturated heterocycles. The molecule has 0 fully saturated rings. The van der Waals surface area contributed by atoms with Gasteiger partial charge in [0, 0.05) is 11.1 Å². The molecule has 2 nitrogen and oxygen atoms in total. The van der Waals surface area contributed by atoms with Crippen LogP contribution < -0.4 is 5.32 Å². The van der Waals surface area contributed by atoms with Crippen LogP contribution in [-0.4, -0.2) is 5.91 Å². The highest BCUT2D eigenvalue weighted by atomic mass is 32.1. The lowest BCUT2D eigenvalue weighted by Crippen LogP contribution is -2.12. The van der Waals surface area contributed by atoms with Gasteiger partial charge in [-0.05, 0) is 29.0 Å². The van der Waals surface area contributed by atoms with E-state index in [1.165, 1.54) is 11.3 Å². The highest BCUT2D eigenvalue weighted by Crippen LogP contribution is 2.24. The number of anilines is 1. The number of rotatable bonds is 3. The van der Waals surface area contributed by atoms with Gasteiger partial charge in [-0.2, -0.15) is 11.3 Å². The van der Waals surface area contributed by atoms with E-state index >= 15 is 0 Å². The molecule has 0 atom stereocenters. The normalized spacial score (nSPS) is 10.5. The van der Waals surface area contributed by atoms with Crippen molar-refractivity contribution in [1.82, 2.24) is 0 Å². The summed E-state index contributed by atoms with van der Waals surface area (Å²) in [5.41, 5.74) is 2.78. The summed E-state index contributed by atoms with van der Waals surface area (Å²) in [6.07, 6.45) is 0. The number of hydrogen-bond acceptors (Lipinski definition) is 2. The Hall–Kier alpha value is -1.61. The first-order valence-corrected chi connectivity index (χ1v) is 6.55. The first-order chi connectivity index (χ1) is 8.18. The van der Waals surface area contributed by atoms with Crippen LogP contribution in [-0.2, 0) is 0 Å². The summed E-state index contributed by atoms with van der Waals surface area (Å²) in [6.45, 7) is 4.24. The van der Waals surface area contributed by atoms with Crippen LogP contribution in [0.1, 0.15) is 35.7 Å². The van der Waals surface area contributed by atoms with Gasteiger partial charge in [-0.15, -0.1) is 0 Å². The predicted molar refractivity (Wildman–Crippen MR) is 72.8 cm³/mol. The second-order valence-electron chi connectivity index (χ2n) is 4.21. The Labute approximate surface area is 105 Å². The van der Waals surface area contributed by atoms with E-state index in [-0.39, 0.29) is 5.91 Å². The highest BCUT2D eigenvalue weighted by Gasteiger charge is 2.10. The third-order valence-electron chi connectivity index (χ3n) is 2.61. The van der Waals surface area contributed by atoms with Crippen molar-refractivity contribution in [2.24, 2.45) is 0 Å². The minimum atomic E-state index is -0.0423. The molecule has 0 spiro atoms. The average Bonchev–Trinajstić information content (AvgIpc) is 2.83. The molecule has 1 aromatic heterocycles. The van der Waals surface area contributed by atoms with Crippen molar-refractivity contribution in [3.05, 3.63) is 52.2 Å². The van der Waals surface area contributed by atoms with E-state index in [1.807, 2.05) is 41.1 Å². The van der Waals surface area contributed by atoms with Crippen molar-refractivity contribution in [3.63, 3.8) is 0 Å². The van der Waals surface area contributed by atoms with Crippen molar-refractivity contribution >= 4 is 22.9 Å². The molecule has 0 aliphatic rings. The monoisotopic (exact) mass is 245 g/mol. The zero-order chi connectivity index (χ0) is 12.3. The fourth-order valence-corrected chi connectivity index (χ4v) is 2.34. The topological polar surface area (TPSA) is 29.1 Å². The lowest BCUT2D eigenvalue weighted by atomic mass is 10.0. The first-order valence-electron chi connectivity index (χ1n) is 5.61. The van der Waals surface area contributed by atoms with Gasteiger partial charge in [0.1, 0.15) is 0 Å². The molecular formula is C14H15NOS. The molecule has 88 valence electrons. The van der Waals surface area contributed by atoms with Crippen molar-refractivity contribution in [3.8, 4) is 0 Å². The number of benzene rings is 1. The van der Waals surface area contributed by atoms with Crippen LogP contribution in [0.4, 0.5) is 5.69 Å². The van der Waals surface area contributed by atoms with Gasteiger partial charge >= 0.3 is 0 Å². The van der Waals surface area contributed by atoms with Gasteiger partial charge in [-0.25, -0.2) is 0 Å². The smallest absolute Gasteiger partial charge is 0.256 e. The lowest BCUT2D eigenvalue weighted by molar-refractivity contribution is 0.102. The van der Waals surface area contributed by atoms with Crippen LogP contribution in [0, 0.1) is 0 Å². The molecule has 0 aliphatic carbocycles. The molecule has 3 heteroatoms. The fourth-order valence-electron chi connectivity index (χ4n) is 1.70. The number of amides is 1. The number of para-hydroxylation sites is 1. The van der Waals surface area contributed by atoms with E-state index in [9.17, 15) is 4.79 Å². The quantitative estimate of drug-likeness (QED) is 0.865. The molecule has 1 aromatic carbocycles.